The molecule has 128 valence electrons. The van der Waals surface area contributed by atoms with Crippen LogP contribution in [0.4, 0.5) is 9.18 Å². The topological polar surface area (TPSA) is 71.8 Å². The molecule has 0 bridgehead atoms. The normalized spacial score (nSPS) is 10.5. The fourth-order valence-electron chi connectivity index (χ4n) is 2.37. The molecule has 0 aliphatic heterocycles. The molecule has 25 heavy (non-hydrogen) atoms. The predicted octanol–water partition coefficient (Wildman–Crippen LogP) is 2.62. The number of benzene rings is 1. The molecule has 2 N–H and O–H groups in total. The van der Waals surface area contributed by atoms with Crippen LogP contribution in [0.5, 0.6) is 0 Å². The van der Waals surface area contributed by atoms with E-state index in [-0.39, 0.29) is 18.4 Å². The third kappa shape index (κ3) is 4.20. The van der Waals surface area contributed by atoms with E-state index in [9.17, 15) is 9.18 Å². The van der Waals surface area contributed by atoms with Gasteiger partial charge in [0.1, 0.15) is 5.82 Å². The Bertz CT molecular complexity index is 860. The fourth-order valence-corrected chi connectivity index (χ4v) is 2.37. The third-order valence-electron chi connectivity index (χ3n) is 3.76. The summed E-state index contributed by atoms with van der Waals surface area (Å²) in [7, 11) is 1.85. The number of rotatable bonds is 5. The smallest absolute Gasteiger partial charge is 0.315 e. The van der Waals surface area contributed by atoms with E-state index in [0.717, 1.165) is 17.0 Å². The summed E-state index contributed by atoms with van der Waals surface area (Å²) in [5.41, 5.74) is 3.04. The van der Waals surface area contributed by atoms with Crippen LogP contribution >= 0.6 is 0 Å². The Hall–Kier alpha value is -3.22. The lowest BCUT2D eigenvalue weighted by molar-refractivity contribution is 0.240. The number of nitrogens with one attached hydrogen (secondary N) is 2. The van der Waals surface area contributed by atoms with Crippen molar-refractivity contribution in [1.29, 1.82) is 0 Å². The summed E-state index contributed by atoms with van der Waals surface area (Å²) in [6, 6.07) is 11.6. The van der Waals surface area contributed by atoms with E-state index in [0.29, 0.717) is 12.1 Å². The summed E-state index contributed by atoms with van der Waals surface area (Å²) in [5, 5.41) is 9.46. The Kier molecular flexibility index (Phi) is 5.03. The van der Waals surface area contributed by atoms with E-state index in [4.69, 9.17) is 0 Å². The Labute approximate surface area is 144 Å². The molecule has 7 heteroatoms. The average molecular weight is 339 g/mol. The molecule has 0 saturated heterocycles. The zero-order valence-electron chi connectivity index (χ0n) is 13.7. The van der Waals surface area contributed by atoms with Gasteiger partial charge in [-0.1, -0.05) is 24.3 Å². The van der Waals surface area contributed by atoms with E-state index < -0.39 is 0 Å². The minimum absolute atomic E-state index is 0.135. The lowest BCUT2D eigenvalue weighted by Gasteiger charge is -2.09. The highest BCUT2D eigenvalue weighted by atomic mass is 19.1. The Morgan fingerprint density at radius 1 is 1.12 bits per heavy atom. The quantitative estimate of drug-likeness (QED) is 0.750. The van der Waals surface area contributed by atoms with Gasteiger partial charge in [-0.2, -0.15) is 5.10 Å². The van der Waals surface area contributed by atoms with Crippen molar-refractivity contribution in [2.24, 2.45) is 7.05 Å². The molecule has 3 rings (SSSR count). The maximum absolute atomic E-state index is 13.5. The summed E-state index contributed by atoms with van der Waals surface area (Å²) in [6.07, 6.45) is 3.42. The van der Waals surface area contributed by atoms with Crippen LogP contribution in [0.25, 0.3) is 11.4 Å². The summed E-state index contributed by atoms with van der Waals surface area (Å²) in [4.78, 5) is 16.2. The molecule has 0 aliphatic carbocycles. The molecule has 3 aromatic rings. The van der Waals surface area contributed by atoms with Crippen molar-refractivity contribution in [1.82, 2.24) is 25.4 Å². The van der Waals surface area contributed by atoms with Gasteiger partial charge in [0.05, 0.1) is 11.4 Å². The second kappa shape index (κ2) is 7.57. The number of carbonyl (C=O) groups excluding carboxylic acids is 1. The number of nitrogens with zero attached hydrogens (tertiary/aromatic N) is 3. The van der Waals surface area contributed by atoms with Crippen LogP contribution in [0, 0.1) is 5.82 Å². The third-order valence-corrected chi connectivity index (χ3v) is 3.76. The Morgan fingerprint density at radius 3 is 2.60 bits per heavy atom. The molecule has 2 aromatic heterocycles. The van der Waals surface area contributed by atoms with Gasteiger partial charge in [-0.3, -0.25) is 9.67 Å². The maximum atomic E-state index is 13.5. The van der Waals surface area contributed by atoms with Crippen molar-refractivity contribution in [3.63, 3.8) is 0 Å². The first-order chi connectivity index (χ1) is 12.1. The van der Waals surface area contributed by atoms with Crippen molar-refractivity contribution >= 4 is 6.03 Å². The predicted molar refractivity (Wildman–Crippen MR) is 91.9 cm³/mol. The maximum Gasteiger partial charge on any atom is 0.315 e. The standard InChI is InChI=1S/C18H18FN5O/c1-24-17(8-9-23-24)16-7-6-13(10-20-16)11-21-18(25)22-12-14-4-2-3-5-15(14)19/h2-10H,11-12H2,1H3,(H2,21,22,25). The average Bonchev–Trinajstić information content (AvgIpc) is 3.06. The number of hydrogen-bond donors (Lipinski definition) is 2. The summed E-state index contributed by atoms with van der Waals surface area (Å²) < 4.78 is 15.2. The number of aromatic nitrogens is 3. The van der Waals surface area contributed by atoms with Crippen LogP contribution in [0.15, 0.2) is 54.9 Å². The van der Waals surface area contributed by atoms with Gasteiger partial charge in [0.15, 0.2) is 0 Å². The molecule has 1 aromatic carbocycles. The van der Waals surface area contributed by atoms with Gasteiger partial charge < -0.3 is 10.6 Å². The molecule has 0 fully saturated rings. The number of halogens is 1. The first kappa shape index (κ1) is 16.6. The number of pyridine rings is 1. The lowest BCUT2D eigenvalue weighted by Crippen LogP contribution is -2.34. The molecular formula is C18H18FN5O. The van der Waals surface area contributed by atoms with Gasteiger partial charge >= 0.3 is 6.03 Å². The van der Waals surface area contributed by atoms with Crippen LogP contribution < -0.4 is 10.6 Å². The van der Waals surface area contributed by atoms with Crippen molar-refractivity contribution < 1.29 is 9.18 Å². The highest BCUT2D eigenvalue weighted by Crippen LogP contribution is 2.15. The molecule has 2 amide bonds. The van der Waals surface area contributed by atoms with Crippen LogP contribution in [-0.2, 0) is 20.1 Å². The molecule has 0 atom stereocenters. The van der Waals surface area contributed by atoms with Crippen LogP contribution in [0.2, 0.25) is 0 Å². The van der Waals surface area contributed by atoms with Gasteiger partial charge in [-0.25, -0.2) is 9.18 Å². The van der Waals surface area contributed by atoms with E-state index in [2.05, 4.69) is 20.7 Å². The van der Waals surface area contributed by atoms with Crippen LogP contribution in [-0.4, -0.2) is 20.8 Å². The number of amides is 2. The molecule has 2 heterocycles. The Morgan fingerprint density at radius 2 is 1.92 bits per heavy atom. The van der Waals surface area contributed by atoms with Crippen LogP contribution in [0.1, 0.15) is 11.1 Å². The SMILES string of the molecule is Cn1nccc1-c1ccc(CNC(=O)NCc2ccccc2F)cn1. The highest BCUT2D eigenvalue weighted by Gasteiger charge is 2.06. The van der Waals surface area contributed by atoms with Gasteiger partial charge in [-0.05, 0) is 23.8 Å². The molecule has 0 saturated carbocycles. The zero-order chi connectivity index (χ0) is 17.6. The number of aryl methyl sites for hydroxylation is 1. The largest absolute Gasteiger partial charge is 0.334 e. The van der Waals surface area contributed by atoms with Gasteiger partial charge in [-0.15, -0.1) is 0 Å². The number of hydrogen-bond acceptors (Lipinski definition) is 3. The first-order valence-electron chi connectivity index (χ1n) is 7.82. The summed E-state index contributed by atoms with van der Waals surface area (Å²) >= 11 is 0. The van der Waals surface area contributed by atoms with Crippen molar-refractivity contribution in [2.45, 2.75) is 13.1 Å². The van der Waals surface area contributed by atoms with Crippen LogP contribution in [0.3, 0.4) is 0 Å². The summed E-state index contributed by atoms with van der Waals surface area (Å²) in [5.74, 6) is -0.335. The monoisotopic (exact) mass is 339 g/mol. The second-order valence-electron chi connectivity index (χ2n) is 5.52. The first-order valence-corrected chi connectivity index (χ1v) is 7.82. The molecule has 0 unspecified atom stereocenters. The second-order valence-corrected chi connectivity index (χ2v) is 5.52. The minimum atomic E-state index is -0.362. The molecule has 0 radical (unpaired) electrons. The molecule has 0 spiro atoms. The lowest BCUT2D eigenvalue weighted by atomic mass is 10.2. The fraction of sp³-hybridized carbons (Fsp3) is 0.167. The Balaban J connectivity index is 1.51. The molecule has 0 aliphatic rings. The van der Waals surface area contributed by atoms with E-state index in [1.54, 1.807) is 35.3 Å². The van der Waals surface area contributed by atoms with E-state index >= 15 is 0 Å². The van der Waals surface area contributed by atoms with Crippen molar-refractivity contribution in [3.8, 4) is 11.4 Å². The van der Waals surface area contributed by atoms with E-state index in [1.807, 2.05) is 25.2 Å². The highest BCUT2D eigenvalue weighted by molar-refractivity contribution is 5.73. The molecule has 6 nitrogen and oxygen atoms in total. The van der Waals surface area contributed by atoms with E-state index in [1.165, 1.54) is 6.07 Å². The number of carbonyl (C=O) groups is 1. The number of urea groups is 1. The van der Waals surface area contributed by atoms with Gasteiger partial charge in [0.25, 0.3) is 0 Å². The minimum Gasteiger partial charge on any atom is -0.334 e. The molecular weight excluding hydrogens is 321 g/mol. The van der Waals surface area contributed by atoms with Crippen molar-refractivity contribution in [2.75, 3.05) is 0 Å². The zero-order valence-corrected chi connectivity index (χ0v) is 13.7. The van der Waals surface area contributed by atoms with Crippen molar-refractivity contribution in [3.05, 3.63) is 71.8 Å². The van der Waals surface area contributed by atoms with Gasteiger partial charge in [0, 0.05) is 38.1 Å². The summed E-state index contributed by atoms with van der Waals surface area (Å²) in [6.45, 7) is 0.470. The van der Waals surface area contributed by atoms with Gasteiger partial charge in [0.2, 0.25) is 0 Å².